The van der Waals surface area contributed by atoms with Gasteiger partial charge in [0.25, 0.3) is 0 Å². The maximum atomic E-state index is 12.2. The van der Waals surface area contributed by atoms with E-state index in [1.807, 2.05) is 6.08 Å². The zero-order chi connectivity index (χ0) is 27.9. The quantitative estimate of drug-likeness (QED) is 0.0660. The second-order valence-corrected chi connectivity index (χ2v) is 11.2. The van der Waals surface area contributed by atoms with Crippen LogP contribution in [0, 0.1) is 0 Å². The first-order valence-corrected chi connectivity index (χ1v) is 16.5. The predicted octanol–water partition coefficient (Wildman–Crippen LogP) is 9.34. The maximum Gasteiger partial charge on any atom is 0.220 e. The number of amides is 1. The molecular formula is C34H65NO3. The molecule has 38 heavy (non-hydrogen) atoms. The van der Waals surface area contributed by atoms with Crippen LogP contribution in [0.4, 0.5) is 0 Å². The first-order valence-electron chi connectivity index (χ1n) is 16.5. The van der Waals surface area contributed by atoms with Gasteiger partial charge >= 0.3 is 0 Å². The smallest absolute Gasteiger partial charge is 0.220 e. The van der Waals surface area contributed by atoms with Crippen LogP contribution in [0.25, 0.3) is 0 Å². The molecule has 0 rings (SSSR count). The number of carbonyl (C=O) groups excluding carboxylic acids is 1. The maximum absolute atomic E-state index is 12.2. The molecule has 2 atom stereocenters. The molecule has 0 radical (unpaired) electrons. The highest BCUT2D eigenvalue weighted by atomic mass is 16.3. The summed E-state index contributed by atoms with van der Waals surface area (Å²) in [5, 5.41) is 22.9. The van der Waals surface area contributed by atoms with E-state index < -0.39 is 12.1 Å². The highest BCUT2D eigenvalue weighted by molar-refractivity contribution is 5.76. The van der Waals surface area contributed by atoms with Crippen LogP contribution in [0.1, 0.15) is 168 Å². The summed E-state index contributed by atoms with van der Waals surface area (Å²) in [6.45, 7) is 4.30. The van der Waals surface area contributed by atoms with Gasteiger partial charge in [-0.1, -0.05) is 154 Å². The first-order chi connectivity index (χ1) is 18.7. The van der Waals surface area contributed by atoms with Gasteiger partial charge in [0, 0.05) is 6.42 Å². The second kappa shape index (κ2) is 30.4. The summed E-state index contributed by atoms with van der Waals surface area (Å²) in [6.07, 6.45) is 36.6. The Morgan fingerprint density at radius 2 is 1.08 bits per heavy atom. The van der Waals surface area contributed by atoms with Crippen molar-refractivity contribution in [2.75, 3.05) is 6.61 Å². The summed E-state index contributed by atoms with van der Waals surface area (Å²) in [5.74, 6) is -0.100. The van der Waals surface area contributed by atoms with E-state index in [0.29, 0.717) is 19.3 Å². The van der Waals surface area contributed by atoms with E-state index in [0.717, 1.165) is 25.7 Å². The number of aliphatic hydroxyl groups is 2. The molecular weight excluding hydrogens is 470 g/mol. The summed E-state index contributed by atoms with van der Waals surface area (Å²) in [6, 6.07) is -0.561. The lowest BCUT2D eigenvalue weighted by Crippen LogP contribution is -2.45. The van der Waals surface area contributed by atoms with Crippen molar-refractivity contribution < 1.29 is 15.0 Å². The molecule has 0 aromatic carbocycles. The van der Waals surface area contributed by atoms with Gasteiger partial charge in [-0.15, -0.1) is 0 Å². The summed E-state index contributed by atoms with van der Waals surface area (Å²) in [4.78, 5) is 12.2. The standard InChI is InChI=1S/C34H65NO3/c1-3-5-7-9-11-13-15-17-19-21-23-25-27-29-33(37)32(31-36)35-34(38)30-28-26-24-22-20-18-16-14-12-10-8-6-4-2/h18,20,24,26,32-33,36-37H,3-17,19,21-23,25,27-31H2,1-2H3,(H,35,38)/b20-18-,26-24-. The molecule has 0 aromatic rings. The minimum atomic E-state index is -0.677. The molecule has 224 valence electrons. The molecule has 0 aliphatic carbocycles. The largest absolute Gasteiger partial charge is 0.394 e. The van der Waals surface area contributed by atoms with Gasteiger partial charge in [-0.05, 0) is 32.1 Å². The summed E-state index contributed by atoms with van der Waals surface area (Å²) in [7, 11) is 0. The minimum absolute atomic E-state index is 0.100. The monoisotopic (exact) mass is 535 g/mol. The molecule has 4 nitrogen and oxygen atoms in total. The van der Waals surface area contributed by atoms with Crippen LogP contribution < -0.4 is 5.32 Å². The second-order valence-electron chi connectivity index (χ2n) is 11.2. The normalized spacial score (nSPS) is 13.5. The molecule has 0 aromatic heterocycles. The number of hydrogen-bond acceptors (Lipinski definition) is 3. The number of carbonyl (C=O) groups is 1. The topological polar surface area (TPSA) is 69.6 Å². The zero-order valence-electron chi connectivity index (χ0n) is 25.4. The third-order valence-corrected chi connectivity index (χ3v) is 7.48. The van der Waals surface area contributed by atoms with Gasteiger partial charge in [0.2, 0.25) is 5.91 Å². The lowest BCUT2D eigenvalue weighted by atomic mass is 10.0. The van der Waals surface area contributed by atoms with Crippen molar-refractivity contribution in [1.29, 1.82) is 0 Å². The van der Waals surface area contributed by atoms with E-state index in [-0.39, 0.29) is 12.5 Å². The van der Waals surface area contributed by atoms with Crippen LogP contribution in [0.15, 0.2) is 24.3 Å². The van der Waals surface area contributed by atoms with Crippen molar-refractivity contribution in [1.82, 2.24) is 5.32 Å². The Balaban J connectivity index is 3.68. The number of hydrogen-bond donors (Lipinski definition) is 3. The fraction of sp³-hybridized carbons (Fsp3) is 0.853. The number of aliphatic hydroxyl groups excluding tert-OH is 2. The molecule has 0 heterocycles. The SMILES string of the molecule is CCCCCCCC/C=C\C/C=C\CCC(=O)NC(CO)C(O)CCCCCCCCCCCCCCC. The molecule has 4 heteroatoms. The fourth-order valence-electron chi connectivity index (χ4n) is 4.88. The highest BCUT2D eigenvalue weighted by Gasteiger charge is 2.19. The van der Waals surface area contributed by atoms with Gasteiger partial charge in [0.1, 0.15) is 0 Å². The van der Waals surface area contributed by atoms with Gasteiger partial charge in [0.05, 0.1) is 18.8 Å². The van der Waals surface area contributed by atoms with Gasteiger partial charge in [-0.2, -0.15) is 0 Å². The van der Waals surface area contributed by atoms with Gasteiger partial charge < -0.3 is 15.5 Å². The predicted molar refractivity (Wildman–Crippen MR) is 165 cm³/mol. The van der Waals surface area contributed by atoms with Crippen molar-refractivity contribution in [3.8, 4) is 0 Å². The van der Waals surface area contributed by atoms with Crippen LogP contribution >= 0.6 is 0 Å². The van der Waals surface area contributed by atoms with E-state index in [9.17, 15) is 15.0 Å². The zero-order valence-corrected chi connectivity index (χ0v) is 25.4. The Hall–Kier alpha value is -1.13. The number of rotatable bonds is 29. The molecule has 0 aliphatic rings. The van der Waals surface area contributed by atoms with E-state index in [4.69, 9.17) is 0 Å². The summed E-state index contributed by atoms with van der Waals surface area (Å²) in [5.41, 5.74) is 0. The van der Waals surface area contributed by atoms with Crippen molar-refractivity contribution in [3.63, 3.8) is 0 Å². The lowest BCUT2D eigenvalue weighted by Gasteiger charge is -2.22. The number of unbranched alkanes of at least 4 members (excludes halogenated alkanes) is 18. The van der Waals surface area contributed by atoms with E-state index in [1.54, 1.807) is 0 Å². The number of nitrogens with one attached hydrogen (secondary N) is 1. The van der Waals surface area contributed by atoms with Crippen molar-refractivity contribution in [2.24, 2.45) is 0 Å². The molecule has 0 bridgehead atoms. The first kappa shape index (κ1) is 36.9. The molecule has 0 fully saturated rings. The van der Waals surface area contributed by atoms with Crippen LogP contribution in [0.3, 0.4) is 0 Å². The van der Waals surface area contributed by atoms with Crippen molar-refractivity contribution >= 4 is 5.91 Å². The van der Waals surface area contributed by atoms with Crippen molar-refractivity contribution in [2.45, 2.75) is 180 Å². The molecule has 0 aliphatic heterocycles. The van der Waals surface area contributed by atoms with Gasteiger partial charge in [-0.25, -0.2) is 0 Å². The van der Waals surface area contributed by atoms with Crippen LogP contribution in [-0.4, -0.2) is 34.9 Å². The molecule has 0 spiro atoms. The minimum Gasteiger partial charge on any atom is -0.394 e. The van der Waals surface area contributed by atoms with E-state index in [1.165, 1.54) is 109 Å². The Bertz CT molecular complexity index is 546. The van der Waals surface area contributed by atoms with Crippen molar-refractivity contribution in [3.05, 3.63) is 24.3 Å². The van der Waals surface area contributed by atoms with Gasteiger partial charge in [-0.3, -0.25) is 4.79 Å². The third-order valence-electron chi connectivity index (χ3n) is 7.48. The van der Waals surface area contributed by atoms with E-state index >= 15 is 0 Å². The summed E-state index contributed by atoms with van der Waals surface area (Å²) >= 11 is 0. The Kier molecular flexibility index (Phi) is 29.5. The number of allylic oxidation sites excluding steroid dienone is 4. The Labute approximate surface area is 237 Å². The summed E-state index contributed by atoms with van der Waals surface area (Å²) < 4.78 is 0. The van der Waals surface area contributed by atoms with Crippen LogP contribution in [0.5, 0.6) is 0 Å². The van der Waals surface area contributed by atoms with E-state index in [2.05, 4.69) is 37.4 Å². The fourth-order valence-corrected chi connectivity index (χ4v) is 4.88. The Morgan fingerprint density at radius 1 is 0.632 bits per heavy atom. The third kappa shape index (κ3) is 26.5. The Morgan fingerprint density at radius 3 is 1.58 bits per heavy atom. The molecule has 0 saturated carbocycles. The molecule has 1 amide bonds. The molecule has 3 N–H and O–H groups in total. The average Bonchev–Trinajstić information content (AvgIpc) is 2.92. The van der Waals surface area contributed by atoms with Crippen LogP contribution in [0.2, 0.25) is 0 Å². The average molecular weight is 536 g/mol. The highest BCUT2D eigenvalue weighted by Crippen LogP contribution is 2.14. The molecule has 2 unspecified atom stereocenters. The molecule has 0 saturated heterocycles. The lowest BCUT2D eigenvalue weighted by molar-refractivity contribution is -0.123. The van der Waals surface area contributed by atoms with Gasteiger partial charge in [0.15, 0.2) is 0 Å². The van der Waals surface area contributed by atoms with Crippen LogP contribution in [-0.2, 0) is 4.79 Å².